The number of amides is 3. The van der Waals surface area contributed by atoms with Gasteiger partial charge in [0.1, 0.15) is 12.4 Å². The minimum atomic E-state index is -0.402. The smallest absolute Gasteiger partial charge is 0.314 e. The summed E-state index contributed by atoms with van der Waals surface area (Å²) in [7, 11) is 1.49. The molecule has 0 saturated heterocycles. The first-order valence-corrected chi connectivity index (χ1v) is 7.60. The van der Waals surface area contributed by atoms with Gasteiger partial charge in [0.05, 0.1) is 6.54 Å². The fraction of sp³-hybridized carbons (Fsp3) is 0.222. The predicted molar refractivity (Wildman–Crippen MR) is 93.0 cm³/mol. The first-order valence-electron chi connectivity index (χ1n) is 7.60. The first kappa shape index (κ1) is 17.3. The molecule has 3 amide bonds. The number of urea groups is 1. The number of rotatable bonds is 6. The van der Waals surface area contributed by atoms with Crippen molar-refractivity contribution in [3.05, 3.63) is 59.7 Å². The van der Waals surface area contributed by atoms with Crippen LogP contribution in [0, 0.1) is 6.92 Å². The number of nitrogens with one attached hydrogen (secondary N) is 3. The van der Waals surface area contributed by atoms with Crippen molar-refractivity contribution in [2.24, 2.45) is 0 Å². The Hall–Kier alpha value is -3.02. The van der Waals surface area contributed by atoms with E-state index in [4.69, 9.17) is 4.74 Å². The zero-order chi connectivity index (χ0) is 17.4. The number of hydrogen-bond donors (Lipinski definition) is 3. The van der Waals surface area contributed by atoms with Crippen LogP contribution in [0.3, 0.4) is 0 Å². The molecule has 2 rings (SSSR count). The standard InChI is InChI=1S/C18H21N3O3/c1-13-5-3-6-14(9-13)12-24-16-8-4-7-15(10-16)21-17(22)11-20-18(23)19-2/h3-10H,11-12H2,1-2H3,(H,21,22)(H2,19,20,23). The molecular formula is C18H21N3O3. The second-order valence-electron chi connectivity index (χ2n) is 5.29. The molecular weight excluding hydrogens is 306 g/mol. The van der Waals surface area contributed by atoms with Crippen LogP contribution in [-0.2, 0) is 11.4 Å². The molecule has 0 heterocycles. The maximum absolute atomic E-state index is 11.8. The molecule has 6 nitrogen and oxygen atoms in total. The molecule has 0 bridgehead atoms. The van der Waals surface area contributed by atoms with Crippen molar-refractivity contribution in [3.63, 3.8) is 0 Å². The van der Waals surface area contributed by atoms with Crippen LogP contribution in [0.4, 0.5) is 10.5 Å². The Morgan fingerprint density at radius 1 is 1.08 bits per heavy atom. The van der Waals surface area contributed by atoms with Crippen molar-refractivity contribution in [2.45, 2.75) is 13.5 Å². The van der Waals surface area contributed by atoms with Crippen LogP contribution in [0.2, 0.25) is 0 Å². The van der Waals surface area contributed by atoms with Crippen molar-refractivity contribution >= 4 is 17.6 Å². The van der Waals surface area contributed by atoms with E-state index in [2.05, 4.69) is 22.0 Å². The molecule has 0 spiro atoms. The van der Waals surface area contributed by atoms with Crippen LogP contribution in [0.5, 0.6) is 5.75 Å². The highest BCUT2D eigenvalue weighted by molar-refractivity contribution is 5.94. The van der Waals surface area contributed by atoms with Crippen LogP contribution in [-0.4, -0.2) is 25.5 Å². The van der Waals surface area contributed by atoms with Gasteiger partial charge in [0.2, 0.25) is 5.91 Å². The van der Waals surface area contributed by atoms with Gasteiger partial charge in [-0.2, -0.15) is 0 Å². The van der Waals surface area contributed by atoms with E-state index in [1.165, 1.54) is 12.6 Å². The molecule has 126 valence electrons. The maximum atomic E-state index is 11.8. The van der Waals surface area contributed by atoms with Gasteiger partial charge in [-0.25, -0.2) is 4.79 Å². The third-order valence-corrected chi connectivity index (χ3v) is 3.24. The monoisotopic (exact) mass is 327 g/mol. The Balaban J connectivity index is 1.89. The van der Waals surface area contributed by atoms with Crippen LogP contribution < -0.4 is 20.7 Å². The highest BCUT2D eigenvalue weighted by Gasteiger charge is 2.05. The summed E-state index contributed by atoms with van der Waals surface area (Å²) in [5, 5.41) is 7.51. The van der Waals surface area contributed by atoms with Crippen molar-refractivity contribution in [1.82, 2.24) is 10.6 Å². The Morgan fingerprint density at radius 3 is 2.62 bits per heavy atom. The van der Waals surface area contributed by atoms with E-state index in [0.717, 1.165) is 5.56 Å². The van der Waals surface area contributed by atoms with Crippen molar-refractivity contribution < 1.29 is 14.3 Å². The average molecular weight is 327 g/mol. The molecule has 2 aromatic carbocycles. The number of ether oxygens (including phenoxy) is 1. The highest BCUT2D eigenvalue weighted by Crippen LogP contribution is 2.18. The van der Waals surface area contributed by atoms with E-state index in [1.54, 1.807) is 18.2 Å². The third kappa shape index (κ3) is 5.64. The predicted octanol–water partition coefficient (Wildman–Crippen LogP) is 2.44. The summed E-state index contributed by atoms with van der Waals surface area (Å²) in [5.41, 5.74) is 2.88. The van der Waals surface area contributed by atoms with Crippen LogP contribution in [0.25, 0.3) is 0 Å². The number of hydrogen-bond acceptors (Lipinski definition) is 3. The Labute approximate surface area is 141 Å². The second kappa shape index (κ2) is 8.57. The summed E-state index contributed by atoms with van der Waals surface area (Å²) >= 11 is 0. The molecule has 0 atom stereocenters. The van der Waals surface area contributed by atoms with Gasteiger partial charge in [0.25, 0.3) is 0 Å². The summed E-state index contributed by atoms with van der Waals surface area (Å²) < 4.78 is 5.75. The number of carbonyl (C=O) groups is 2. The molecule has 2 aromatic rings. The minimum absolute atomic E-state index is 0.103. The van der Waals surface area contributed by atoms with E-state index >= 15 is 0 Å². The number of carbonyl (C=O) groups excluding carboxylic acids is 2. The SMILES string of the molecule is CNC(=O)NCC(=O)Nc1cccc(OCc2cccc(C)c2)c1. The van der Waals surface area contributed by atoms with E-state index in [0.29, 0.717) is 18.0 Å². The lowest BCUT2D eigenvalue weighted by Gasteiger charge is -2.10. The lowest BCUT2D eigenvalue weighted by Crippen LogP contribution is -2.38. The number of anilines is 1. The molecule has 0 radical (unpaired) electrons. The lowest BCUT2D eigenvalue weighted by atomic mass is 10.1. The quantitative estimate of drug-likeness (QED) is 0.762. The molecule has 0 fully saturated rings. The fourth-order valence-electron chi connectivity index (χ4n) is 2.09. The van der Waals surface area contributed by atoms with Crippen molar-refractivity contribution in [3.8, 4) is 5.75 Å². The Kier molecular flexibility index (Phi) is 6.19. The molecule has 0 unspecified atom stereocenters. The van der Waals surface area contributed by atoms with Crippen molar-refractivity contribution in [1.29, 1.82) is 0 Å². The molecule has 0 aliphatic rings. The normalized spacial score (nSPS) is 9.92. The minimum Gasteiger partial charge on any atom is -0.489 e. The first-order chi connectivity index (χ1) is 11.6. The van der Waals surface area contributed by atoms with E-state index in [9.17, 15) is 9.59 Å². The highest BCUT2D eigenvalue weighted by atomic mass is 16.5. The summed E-state index contributed by atoms with van der Waals surface area (Å²) in [6.07, 6.45) is 0. The van der Waals surface area contributed by atoms with Gasteiger partial charge in [0, 0.05) is 18.8 Å². The van der Waals surface area contributed by atoms with Gasteiger partial charge in [-0.1, -0.05) is 35.9 Å². The zero-order valence-corrected chi connectivity index (χ0v) is 13.8. The van der Waals surface area contributed by atoms with Gasteiger partial charge in [-0.15, -0.1) is 0 Å². The average Bonchev–Trinajstić information content (AvgIpc) is 2.58. The zero-order valence-electron chi connectivity index (χ0n) is 13.8. The van der Waals surface area contributed by atoms with E-state index in [1.807, 2.05) is 31.2 Å². The Bertz CT molecular complexity index is 716. The molecule has 0 aliphatic carbocycles. The van der Waals surface area contributed by atoms with Gasteiger partial charge < -0.3 is 20.7 Å². The molecule has 3 N–H and O–H groups in total. The Morgan fingerprint density at radius 2 is 1.88 bits per heavy atom. The van der Waals surface area contributed by atoms with Crippen molar-refractivity contribution in [2.75, 3.05) is 18.9 Å². The third-order valence-electron chi connectivity index (χ3n) is 3.24. The topological polar surface area (TPSA) is 79.5 Å². The maximum Gasteiger partial charge on any atom is 0.314 e. The summed E-state index contributed by atoms with van der Waals surface area (Å²) in [6.45, 7) is 2.39. The van der Waals surface area contributed by atoms with E-state index < -0.39 is 6.03 Å². The van der Waals surface area contributed by atoms with Crippen LogP contribution >= 0.6 is 0 Å². The summed E-state index contributed by atoms with van der Waals surface area (Å²) in [4.78, 5) is 22.8. The molecule has 0 saturated carbocycles. The lowest BCUT2D eigenvalue weighted by molar-refractivity contribution is -0.115. The molecule has 24 heavy (non-hydrogen) atoms. The van der Waals surface area contributed by atoms with Gasteiger partial charge in [-0.05, 0) is 24.6 Å². The van der Waals surface area contributed by atoms with Crippen LogP contribution in [0.1, 0.15) is 11.1 Å². The second-order valence-corrected chi connectivity index (χ2v) is 5.29. The van der Waals surface area contributed by atoms with Crippen LogP contribution in [0.15, 0.2) is 48.5 Å². The molecule has 6 heteroatoms. The van der Waals surface area contributed by atoms with Gasteiger partial charge >= 0.3 is 6.03 Å². The fourth-order valence-corrected chi connectivity index (χ4v) is 2.09. The van der Waals surface area contributed by atoms with E-state index in [-0.39, 0.29) is 12.5 Å². The van der Waals surface area contributed by atoms with Gasteiger partial charge in [0.15, 0.2) is 0 Å². The van der Waals surface area contributed by atoms with Gasteiger partial charge in [-0.3, -0.25) is 4.79 Å². The largest absolute Gasteiger partial charge is 0.489 e. The number of benzene rings is 2. The summed E-state index contributed by atoms with van der Waals surface area (Å²) in [6, 6.07) is 14.8. The molecule has 0 aromatic heterocycles. The number of aryl methyl sites for hydroxylation is 1. The molecule has 0 aliphatic heterocycles. The summed E-state index contributed by atoms with van der Waals surface area (Å²) in [5.74, 6) is 0.350.